The Kier molecular flexibility index (Phi) is 15.5. The second kappa shape index (κ2) is 18.7. The first-order valence-corrected chi connectivity index (χ1v) is 22.3. The molecule has 2 aromatic heterocycles. The zero-order chi connectivity index (χ0) is 30.5. The number of rotatable bonds is 8. The van der Waals surface area contributed by atoms with Crippen molar-refractivity contribution in [3.8, 4) is 0 Å². The topological polar surface area (TPSA) is 20.2 Å². The third-order valence-corrected chi connectivity index (χ3v) is 15.9. The van der Waals surface area contributed by atoms with Crippen LogP contribution < -0.4 is 0 Å². The Bertz CT molecular complexity index is 997. The molecule has 1 nitrogen and oxygen atoms in total. The van der Waals surface area contributed by atoms with Gasteiger partial charge in [0.25, 0.3) is 0 Å². The van der Waals surface area contributed by atoms with Gasteiger partial charge in [-0.3, -0.25) is 0 Å². The van der Waals surface area contributed by atoms with E-state index in [0.717, 1.165) is 48.3 Å². The Hall–Kier alpha value is -0.301. The predicted octanol–water partition coefficient (Wildman–Crippen LogP) is 11.3. The van der Waals surface area contributed by atoms with Crippen LogP contribution in [0.2, 0.25) is 0 Å². The molecule has 1 N–H and O–H groups in total. The second-order valence-corrected chi connectivity index (χ2v) is 18.2. The molecule has 0 saturated heterocycles. The van der Waals surface area contributed by atoms with Crippen LogP contribution in [0.15, 0.2) is 40.2 Å². The first-order valence-electron chi connectivity index (χ1n) is 18.6. The molecule has 0 aromatic carbocycles. The summed E-state index contributed by atoms with van der Waals surface area (Å²) in [5.74, 6) is 5.98. The first kappa shape index (κ1) is 35.6. The molecular weight excluding hydrogens is 654 g/mol. The van der Waals surface area contributed by atoms with Crippen LogP contribution in [0.4, 0.5) is 0 Å². The fraction of sp³-hybridized carbons (Fsp3) is 0.750. The summed E-state index contributed by atoms with van der Waals surface area (Å²) in [6, 6.07) is 8.91. The van der Waals surface area contributed by atoms with E-state index in [1.807, 2.05) is 13.8 Å². The van der Waals surface area contributed by atoms with Crippen LogP contribution in [-0.4, -0.2) is 34.1 Å². The number of allylic oxidation sites excluding steroid dienone is 2. The summed E-state index contributed by atoms with van der Waals surface area (Å²) in [5.41, 5.74) is 1.24. The summed E-state index contributed by atoms with van der Waals surface area (Å²) < 4.78 is 2.99. The minimum atomic E-state index is -0.445. The van der Waals surface area contributed by atoms with E-state index in [-0.39, 0.29) is 0 Å². The average molecular weight is 719 g/mol. The van der Waals surface area contributed by atoms with Gasteiger partial charge in [-0.25, -0.2) is 0 Å². The van der Waals surface area contributed by atoms with E-state index in [2.05, 4.69) is 54.1 Å². The maximum absolute atomic E-state index is 10.9. The number of aliphatic hydroxyl groups is 1. The Balaban J connectivity index is 0.000000186. The van der Waals surface area contributed by atoms with E-state index in [1.54, 1.807) is 10.0 Å². The van der Waals surface area contributed by atoms with Gasteiger partial charge in [0.05, 0.1) is 0 Å². The predicted molar refractivity (Wildman–Crippen MR) is 190 cm³/mol. The Morgan fingerprint density at radius 1 is 0.674 bits per heavy atom. The summed E-state index contributed by atoms with van der Waals surface area (Å²) >= 11 is 1.05. The molecule has 0 spiro atoms. The quantitative estimate of drug-likeness (QED) is 0.270. The van der Waals surface area contributed by atoms with Crippen molar-refractivity contribution in [3.63, 3.8) is 0 Å². The molecule has 0 bridgehead atoms. The summed E-state index contributed by atoms with van der Waals surface area (Å²) in [7, 11) is 0. The first-order chi connectivity index (χ1) is 21.1. The van der Waals surface area contributed by atoms with Gasteiger partial charge < -0.3 is 0 Å². The molecule has 6 rings (SSSR count). The van der Waals surface area contributed by atoms with Crippen molar-refractivity contribution >= 4 is 34.6 Å². The molecule has 1 atom stereocenters. The fourth-order valence-corrected chi connectivity index (χ4v) is 12.6. The van der Waals surface area contributed by atoms with Crippen LogP contribution in [0, 0.1) is 35.5 Å². The van der Waals surface area contributed by atoms with Crippen molar-refractivity contribution in [2.24, 2.45) is 35.5 Å². The van der Waals surface area contributed by atoms with E-state index in [4.69, 9.17) is 0 Å². The maximum atomic E-state index is 10.9. The molecule has 1 unspecified atom stereocenters. The van der Waals surface area contributed by atoms with Gasteiger partial charge in [-0.1, -0.05) is 13.8 Å². The Morgan fingerprint density at radius 2 is 1.21 bits per heavy atom. The summed E-state index contributed by atoms with van der Waals surface area (Å²) in [6.45, 7) is 8.66. The van der Waals surface area contributed by atoms with Crippen molar-refractivity contribution in [2.45, 2.75) is 155 Å². The van der Waals surface area contributed by atoms with Gasteiger partial charge in [-0.15, -0.1) is 0 Å². The second-order valence-electron chi connectivity index (χ2n) is 14.2. The van der Waals surface area contributed by atoms with E-state index in [0.29, 0.717) is 29.0 Å². The van der Waals surface area contributed by atoms with Crippen molar-refractivity contribution in [2.75, 3.05) is 0 Å². The molecule has 3 fully saturated rings. The zero-order valence-corrected chi connectivity index (χ0v) is 31.6. The normalized spacial score (nSPS) is 32.9. The molecular formula is C40H64OSe2. The Labute approximate surface area is 278 Å². The molecule has 0 aliphatic heterocycles. The molecule has 0 radical (unpaired) electrons. The van der Waals surface area contributed by atoms with Gasteiger partial charge in [0, 0.05) is 0 Å². The molecule has 3 heteroatoms. The summed E-state index contributed by atoms with van der Waals surface area (Å²) in [6.07, 6.45) is 28.9. The van der Waals surface area contributed by atoms with Crippen molar-refractivity contribution < 1.29 is 5.11 Å². The molecule has 0 amide bonds. The zero-order valence-electron chi connectivity index (χ0n) is 28.2. The minimum absolute atomic E-state index is 0.416. The van der Waals surface area contributed by atoms with Gasteiger partial charge in [-0.05, 0) is 0 Å². The van der Waals surface area contributed by atoms with E-state index < -0.39 is 5.60 Å². The number of hydrogen-bond acceptors (Lipinski definition) is 1. The molecule has 4 aliphatic rings. The van der Waals surface area contributed by atoms with Gasteiger partial charge in [0.2, 0.25) is 0 Å². The Morgan fingerprint density at radius 3 is 1.67 bits per heavy atom. The van der Waals surface area contributed by atoms with Crippen LogP contribution in [0.1, 0.15) is 159 Å². The van der Waals surface area contributed by atoms with Crippen LogP contribution in [0.3, 0.4) is 0 Å². The average Bonchev–Trinajstić information content (AvgIpc) is 3.81. The fourth-order valence-electron chi connectivity index (χ4n) is 9.06. The van der Waals surface area contributed by atoms with Crippen molar-refractivity contribution in [1.82, 2.24) is 0 Å². The number of hydrogen-bond donors (Lipinski definition) is 1. The van der Waals surface area contributed by atoms with E-state index in [9.17, 15) is 5.11 Å². The van der Waals surface area contributed by atoms with Crippen molar-refractivity contribution in [1.29, 1.82) is 0 Å². The monoisotopic (exact) mass is 720 g/mol. The van der Waals surface area contributed by atoms with Crippen molar-refractivity contribution in [3.05, 3.63) is 49.1 Å². The van der Waals surface area contributed by atoms with Crippen LogP contribution >= 0.6 is 0 Å². The summed E-state index contributed by atoms with van der Waals surface area (Å²) in [5, 5.41) is 10.9. The van der Waals surface area contributed by atoms with Crippen LogP contribution in [0.5, 0.6) is 0 Å². The molecule has 3 saturated carbocycles. The summed E-state index contributed by atoms with van der Waals surface area (Å²) in [4.78, 5) is 4.59. The third kappa shape index (κ3) is 10.3. The standard InChI is InChI=1S/C19H30OSe.C19H28Se.C2H6/c1-2-4-15-6-8-16(9-7-15)17-10-12-19(20,13-11-17)18-5-3-14-21-18;1-2-4-15-6-8-16(9-7-15)17-10-12-18(13-11-17)19-5-3-14-20-19;1-2/h3,5,14-17,20H,2,4,6-13H2,1H3;3,5,12,14-17H,2,4,6-11,13H2,1H3;1-2H3. The van der Waals surface area contributed by atoms with E-state index in [1.165, 1.54) is 114 Å². The van der Waals surface area contributed by atoms with Gasteiger partial charge in [0.15, 0.2) is 0 Å². The molecule has 4 aliphatic carbocycles. The molecule has 242 valence electrons. The van der Waals surface area contributed by atoms with Gasteiger partial charge in [0.1, 0.15) is 0 Å². The SMILES string of the molecule is CC.CCCC1CCC(C2CC=C(c3ccc[se]3)CC2)CC1.CCCC1CCC(C2CCC(O)(c3ccc[se]3)CC2)CC1. The van der Waals surface area contributed by atoms with Crippen LogP contribution in [0.25, 0.3) is 5.57 Å². The molecule has 43 heavy (non-hydrogen) atoms. The molecule has 2 heterocycles. The van der Waals surface area contributed by atoms with Gasteiger partial charge >= 0.3 is 266 Å². The third-order valence-electron chi connectivity index (χ3n) is 11.6. The molecule has 2 aromatic rings. The van der Waals surface area contributed by atoms with Gasteiger partial charge in [-0.2, -0.15) is 0 Å². The van der Waals surface area contributed by atoms with Crippen LogP contribution in [-0.2, 0) is 5.60 Å². The van der Waals surface area contributed by atoms with E-state index >= 15 is 0 Å².